The van der Waals surface area contributed by atoms with E-state index in [1.54, 1.807) is 0 Å². The van der Waals surface area contributed by atoms with Crippen LogP contribution < -0.4 is 0 Å². The van der Waals surface area contributed by atoms with E-state index in [0.29, 0.717) is 13.8 Å². The van der Waals surface area contributed by atoms with Crippen molar-refractivity contribution < 1.29 is 58.9 Å². The molecule has 0 aliphatic rings. The third kappa shape index (κ3) is 4.69. The lowest BCUT2D eigenvalue weighted by atomic mass is 9.93. The molecule has 0 heterocycles. The first-order valence-electron chi connectivity index (χ1n) is 6.32. The van der Waals surface area contributed by atoms with Crippen molar-refractivity contribution in [1.82, 2.24) is 0 Å². The summed E-state index contributed by atoms with van der Waals surface area (Å²) in [6, 6.07) is 0. The molecule has 0 fully saturated rings. The normalized spacial score (nSPS) is 19.7. The summed E-state index contributed by atoms with van der Waals surface area (Å²) < 4.78 is 12.6. The summed E-state index contributed by atoms with van der Waals surface area (Å²) in [4.78, 5) is 43.8. The van der Waals surface area contributed by atoms with Gasteiger partial charge < -0.3 is 44.5 Å². The SMILES string of the molecule is CC(=O)OC(O)[C@@H](O)[C@](O)(OC(C)=O)[C@](O)(OC(C)=O)[C@H](O)C=O. The van der Waals surface area contributed by atoms with Crippen LogP contribution in [0, 0.1) is 0 Å². The molecule has 0 saturated heterocycles. The molecule has 12 heteroatoms. The predicted molar refractivity (Wildman–Crippen MR) is 69.3 cm³/mol. The van der Waals surface area contributed by atoms with Crippen LogP contribution in [-0.4, -0.2) is 79.8 Å². The number of aldehydes is 1. The van der Waals surface area contributed by atoms with Crippen molar-refractivity contribution >= 4 is 24.2 Å². The third-order valence-corrected chi connectivity index (χ3v) is 2.60. The van der Waals surface area contributed by atoms with E-state index in [1.807, 2.05) is 0 Å². The number of hydrogen-bond acceptors (Lipinski definition) is 12. The minimum atomic E-state index is -3.79. The minimum absolute atomic E-state index is 0.414. The molecule has 1 unspecified atom stereocenters. The highest BCUT2D eigenvalue weighted by atomic mass is 16.8. The summed E-state index contributed by atoms with van der Waals surface area (Å²) in [6.07, 6.45) is -8.61. The Morgan fingerprint density at radius 3 is 1.62 bits per heavy atom. The second-order valence-electron chi connectivity index (χ2n) is 4.61. The Morgan fingerprint density at radius 2 is 1.29 bits per heavy atom. The van der Waals surface area contributed by atoms with Gasteiger partial charge in [0, 0.05) is 20.8 Å². The third-order valence-electron chi connectivity index (χ3n) is 2.60. The van der Waals surface area contributed by atoms with E-state index in [1.165, 1.54) is 0 Å². The maximum Gasteiger partial charge on any atom is 0.313 e. The van der Waals surface area contributed by atoms with Crippen LogP contribution in [0.15, 0.2) is 0 Å². The molecule has 0 rings (SSSR count). The zero-order valence-corrected chi connectivity index (χ0v) is 12.9. The van der Waals surface area contributed by atoms with Crippen LogP contribution >= 0.6 is 0 Å². The summed E-state index contributed by atoms with van der Waals surface area (Å²) in [5, 5.41) is 49.5. The first-order valence-corrected chi connectivity index (χ1v) is 6.32. The van der Waals surface area contributed by atoms with Crippen LogP contribution in [0.5, 0.6) is 0 Å². The molecule has 12 nitrogen and oxygen atoms in total. The van der Waals surface area contributed by atoms with Gasteiger partial charge in [-0.05, 0) is 0 Å². The molecule has 24 heavy (non-hydrogen) atoms. The molecule has 0 bridgehead atoms. The Bertz CT molecular complexity index is 504. The average molecular weight is 354 g/mol. The van der Waals surface area contributed by atoms with E-state index < -0.39 is 54.3 Å². The van der Waals surface area contributed by atoms with Gasteiger partial charge in [-0.3, -0.25) is 14.4 Å². The van der Waals surface area contributed by atoms with Gasteiger partial charge in [0.25, 0.3) is 0 Å². The van der Waals surface area contributed by atoms with Crippen LogP contribution in [0.3, 0.4) is 0 Å². The molecule has 0 radical (unpaired) electrons. The van der Waals surface area contributed by atoms with Gasteiger partial charge in [-0.1, -0.05) is 0 Å². The highest BCUT2D eigenvalue weighted by Crippen LogP contribution is 2.34. The lowest BCUT2D eigenvalue weighted by Gasteiger charge is -2.44. The van der Waals surface area contributed by atoms with Crippen LogP contribution in [0.1, 0.15) is 20.8 Å². The van der Waals surface area contributed by atoms with Gasteiger partial charge in [-0.15, -0.1) is 0 Å². The number of esters is 3. The van der Waals surface area contributed by atoms with Crippen molar-refractivity contribution in [3.63, 3.8) is 0 Å². The first-order chi connectivity index (χ1) is 10.8. The molecule has 0 spiro atoms. The minimum Gasteiger partial charge on any atom is -0.433 e. The zero-order valence-electron chi connectivity index (χ0n) is 12.9. The Hall–Kier alpha value is -2.12. The van der Waals surface area contributed by atoms with Crippen molar-refractivity contribution in [1.29, 1.82) is 0 Å². The Morgan fingerprint density at radius 1 is 0.875 bits per heavy atom. The van der Waals surface area contributed by atoms with E-state index in [9.17, 15) is 44.7 Å². The summed E-state index contributed by atoms with van der Waals surface area (Å²) in [5.41, 5.74) is 0. The number of aliphatic hydroxyl groups excluding tert-OH is 3. The highest BCUT2D eigenvalue weighted by molar-refractivity contribution is 5.69. The lowest BCUT2D eigenvalue weighted by Crippen LogP contribution is -2.72. The molecule has 138 valence electrons. The van der Waals surface area contributed by atoms with E-state index >= 15 is 0 Å². The number of hydrogen-bond donors (Lipinski definition) is 5. The first kappa shape index (κ1) is 21.9. The molecule has 0 aliphatic carbocycles. The molecule has 5 atom stereocenters. The second kappa shape index (κ2) is 8.12. The van der Waals surface area contributed by atoms with Gasteiger partial charge in [-0.2, -0.15) is 0 Å². The lowest BCUT2D eigenvalue weighted by molar-refractivity contribution is -0.415. The fourth-order valence-electron chi connectivity index (χ4n) is 1.65. The fourth-order valence-corrected chi connectivity index (χ4v) is 1.65. The number of aliphatic hydroxyl groups is 5. The average Bonchev–Trinajstić information content (AvgIpc) is 2.42. The zero-order chi connectivity index (χ0) is 19.3. The predicted octanol–water partition coefficient (Wildman–Crippen LogP) is -3.71. The Kier molecular flexibility index (Phi) is 7.40. The van der Waals surface area contributed by atoms with Gasteiger partial charge in [0.2, 0.25) is 6.29 Å². The van der Waals surface area contributed by atoms with E-state index in [2.05, 4.69) is 14.2 Å². The quantitative estimate of drug-likeness (QED) is 0.124. The Balaban J connectivity index is 6.15. The molecule has 0 aliphatic heterocycles. The smallest absolute Gasteiger partial charge is 0.313 e. The topological polar surface area (TPSA) is 197 Å². The standard InChI is InChI=1S/C12H18O12/c1-5(14)22-10(19)9(18)12(21,24-7(3)16)11(20,8(17)4-13)23-6(2)15/h4,8-10,17-21H,1-3H3/t8-,9-,10?,11-,12+/m1/s1. The van der Waals surface area contributed by atoms with Gasteiger partial charge >= 0.3 is 29.5 Å². The highest BCUT2D eigenvalue weighted by Gasteiger charge is 2.67. The van der Waals surface area contributed by atoms with Crippen molar-refractivity contribution in [3.8, 4) is 0 Å². The fraction of sp³-hybridized carbons (Fsp3) is 0.667. The molecule has 0 saturated carbocycles. The van der Waals surface area contributed by atoms with Gasteiger partial charge in [-0.25, -0.2) is 0 Å². The number of rotatable bonds is 8. The molecular formula is C12H18O12. The largest absolute Gasteiger partial charge is 0.433 e. The van der Waals surface area contributed by atoms with Gasteiger partial charge in [0.15, 0.2) is 18.5 Å². The monoisotopic (exact) mass is 354 g/mol. The summed E-state index contributed by atoms with van der Waals surface area (Å²) >= 11 is 0. The van der Waals surface area contributed by atoms with Crippen molar-refractivity contribution in [2.45, 2.75) is 50.8 Å². The van der Waals surface area contributed by atoms with Crippen LogP contribution in [0.4, 0.5) is 0 Å². The van der Waals surface area contributed by atoms with Crippen LogP contribution in [0.25, 0.3) is 0 Å². The van der Waals surface area contributed by atoms with E-state index in [4.69, 9.17) is 0 Å². The second-order valence-corrected chi connectivity index (χ2v) is 4.61. The van der Waals surface area contributed by atoms with E-state index in [0.717, 1.165) is 6.92 Å². The van der Waals surface area contributed by atoms with Gasteiger partial charge in [0.1, 0.15) is 0 Å². The summed E-state index contributed by atoms with van der Waals surface area (Å²) in [6.45, 7) is 2.17. The Labute approximate surface area is 135 Å². The molecule has 0 aromatic heterocycles. The number of carbonyl (C=O) groups excluding carboxylic acids is 4. The molecule has 5 N–H and O–H groups in total. The van der Waals surface area contributed by atoms with Gasteiger partial charge in [0.05, 0.1) is 0 Å². The van der Waals surface area contributed by atoms with E-state index in [-0.39, 0.29) is 0 Å². The molecule has 0 aromatic rings. The summed E-state index contributed by atoms with van der Waals surface area (Å²) in [7, 11) is 0. The maximum absolute atomic E-state index is 11.1. The number of carbonyl (C=O) groups is 4. The van der Waals surface area contributed by atoms with Crippen LogP contribution in [0.2, 0.25) is 0 Å². The van der Waals surface area contributed by atoms with Crippen molar-refractivity contribution in [3.05, 3.63) is 0 Å². The molecule has 0 aromatic carbocycles. The number of ether oxygens (including phenoxy) is 3. The van der Waals surface area contributed by atoms with Crippen molar-refractivity contribution in [2.24, 2.45) is 0 Å². The maximum atomic E-state index is 11.1. The molecular weight excluding hydrogens is 336 g/mol. The summed E-state index contributed by atoms with van der Waals surface area (Å²) in [5.74, 6) is -11.5. The molecule has 0 amide bonds. The van der Waals surface area contributed by atoms with Crippen LogP contribution in [-0.2, 0) is 33.4 Å². The van der Waals surface area contributed by atoms with Crippen molar-refractivity contribution in [2.75, 3.05) is 0 Å².